The largest absolute Gasteiger partial charge is 0.331 e. The number of hydrogen-bond donors (Lipinski definition) is 0. The van der Waals surface area contributed by atoms with E-state index in [1.165, 1.54) is 6.42 Å². The number of hydrogen-bond acceptors (Lipinski definition) is 1. The summed E-state index contributed by atoms with van der Waals surface area (Å²) in [6.07, 6.45) is 6.84. The maximum absolute atomic E-state index is 5.72. The van der Waals surface area contributed by atoms with Crippen molar-refractivity contribution in [2.75, 3.05) is 0 Å². The lowest BCUT2D eigenvalue weighted by Crippen LogP contribution is -2.29. The standard InChI is InChI=1S/C10H13ClN2.C3H8/c1-4-9-10(6-8(3)11)13(5-2)7-12-9;1-3-2/h4,6-7H,3,5H2,1-2H3;3H2,1-2H3/b9-4+,10-6+;. The van der Waals surface area contributed by atoms with E-state index in [1.54, 1.807) is 6.33 Å². The molecular weight excluding hydrogens is 220 g/mol. The van der Waals surface area contributed by atoms with E-state index in [0.717, 1.165) is 17.2 Å². The molecule has 0 aliphatic rings. The summed E-state index contributed by atoms with van der Waals surface area (Å²) in [5, 5.41) is 2.49. The molecule has 0 radical (unpaired) electrons. The summed E-state index contributed by atoms with van der Waals surface area (Å²) in [4.78, 5) is 4.23. The highest BCUT2D eigenvalue weighted by atomic mass is 35.5. The average molecular weight is 241 g/mol. The zero-order valence-electron chi connectivity index (χ0n) is 10.6. The van der Waals surface area contributed by atoms with E-state index >= 15 is 0 Å². The fourth-order valence-electron chi connectivity index (χ4n) is 1.19. The van der Waals surface area contributed by atoms with Crippen LogP contribution in [-0.4, -0.2) is 9.55 Å². The van der Waals surface area contributed by atoms with E-state index in [1.807, 2.05) is 23.6 Å². The Hall–Kier alpha value is -1.02. The predicted molar refractivity (Wildman–Crippen MR) is 72.7 cm³/mol. The summed E-state index contributed by atoms with van der Waals surface area (Å²) in [5.41, 5.74) is 0. The Labute approximate surface area is 103 Å². The number of halogens is 1. The summed E-state index contributed by atoms with van der Waals surface area (Å²) < 4.78 is 2.03. The van der Waals surface area contributed by atoms with E-state index in [-0.39, 0.29) is 0 Å². The van der Waals surface area contributed by atoms with E-state index in [9.17, 15) is 0 Å². The molecule has 0 saturated carbocycles. The molecule has 3 heteroatoms. The Kier molecular flexibility index (Phi) is 7.65. The Morgan fingerprint density at radius 3 is 2.44 bits per heavy atom. The lowest BCUT2D eigenvalue weighted by Gasteiger charge is -1.94. The van der Waals surface area contributed by atoms with Gasteiger partial charge in [-0.05, 0) is 19.9 Å². The van der Waals surface area contributed by atoms with Gasteiger partial charge in [0.25, 0.3) is 0 Å². The monoisotopic (exact) mass is 240 g/mol. The van der Waals surface area contributed by atoms with Gasteiger partial charge in [-0.25, -0.2) is 4.98 Å². The molecule has 1 heterocycles. The van der Waals surface area contributed by atoms with E-state index in [4.69, 9.17) is 11.6 Å². The van der Waals surface area contributed by atoms with Crippen molar-refractivity contribution >= 4 is 23.8 Å². The Balaban J connectivity index is 0.000000673. The van der Waals surface area contributed by atoms with Crippen molar-refractivity contribution in [1.82, 2.24) is 9.55 Å². The summed E-state index contributed by atoms with van der Waals surface area (Å²) >= 11 is 5.72. The molecule has 0 bridgehead atoms. The minimum Gasteiger partial charge on any atom is -0.331 e. The van der Waals surface area contributed by atoms with Crippen LogP contribution < -0.4 is 10.7 Å². The fraction of sp³-hybridized carbons (Fsp3) is 0.462. The van der Waals surface area contributed by atoms with Gasteiger partial charge in [-0.15, -0.1) is 0 Å². The minimum absolute atomic E-state index is 0.526. The minimum atomic E-state index is 0.526. The van der Waals surface area contributed by atoms with Crippen molar-refractivity contribution in [2.24, 2.45) is 0 Å². The summed E-state index contributed by atoms with van der Waals surface area (Å²) in [7, 11) is 0. The molecule has 1 aromatic heterocycles. The molecule has 0 unspecified atom stereocenters. The van der Waals surface area contributed by atoms with Crippen LogP contribution in [0.5, 0.6) is 0 Å². The smallest absolute Gasteiger partial charge is 0.0958 e. The van der Waals surface area contributed by atoms with Crippen molar-refractivity contribution in [3.8, 4) is 0 Å². The van der Waals surface area contributed by atoms with Gasteiger partial charge in [0.05, 0.1) is 17.0 Å². The summed E-state index contributed by atoms with van der Waals surface area (Å²) in [5.74, 6) is 0. The maximum atomic E-state index is 5.72. The van der Waals surface area contributed by atoms with Gasteiger partial charge in [0.1, 0.15) is 0 Å². The van der Waals surface area contributed by atoms with Gasteiger partial charge in [0.15, 0.2) is 0 Å². The third-order valence-electron chi connectivity index (χ3n) is 1.82. The van der Waals surface area contributed by atoms with Gasteiger partial charge in [0, 0.05) is 11.6 Å². The molecule has 1 aromatic rings. The van der Waals surface area contributed by atoms with Crippen LogP contribution in [0.4, 0.5) is 0 Å². The van der Waals surface area contributed by atoms with Crippen LogP contribution in [0.15, 0.2) is 17.9 Å². The van der Waals surface area contributed by atoms with Crippen molar-refractivity contribution in [3.63, 3.8) is 0 Å². The van der Waals surface area contributed by atoms with E-state index in [0.29, 0.717) is 5.03 Å². The molecule has 0 aromatic carbocycles. The van der Waals surface area contributed by atoms with Crippen LogP contribution in [0.3, 0.4) is 0 Å². The van der Waals surface area contributed by atoms with Gasteiger partial charge in [-0.1, -0.05) is 44.5 Å². The van der Waals surface area contributed by atoms with Crippen molar-refractivity contribution in [1.29, 1.82) is 0 Å². The first-order valence-corrected chi connectivity index (χ1v) is 6.02. The molecule has 0 spiro atoms. The number of rotatable bonds is 2. The molecule has 0 aliphatic heterocycles. The third kappa shape index (κ3) is 4.67. The average Bonchev–Trinajstić information content (AvgIpc) is 2.60. The summed E-state index contributed by atoms with van der Waals surface area (Å²) in [6, 6.07) is 0. The molecule has 0 amide bonds. The molecule has 0 aliphatic carbocycles. The molecular formula is C13H21ClN2. The second-order valence-electron chi connectivity index (χ2n) is 3.39. The Bertz CT molecular complexity index is 429. The topological polar surface area (TPSA) is 17.8 Å². The van der Waals surface area contributed by atoms with Crippen LogP contribution in [0.1, 0.15) is 34.1 Å². The number of aryl methyl sites for hydroxylation is 1. The zero-order chi connectivity index (χ0) is 12.6. The molecule has 0 atom stereocenters. The Morgan fingerprint density at radius 1 is 1.50 bits per heavy atom. The van der Waals surface area contributed by atoms with Gasteiger partial charge >= 0.3 is 0 Å². The first-order chi connectivity index (χ1) is 7.60. The number of aromatic nitrogens is 2. The fourth-order valence-corrected chi connectivity index (χ4v) is 1.29. The molecule has 0 N–H and O–H groups in total. The zero-order valence-corrected chi connectivity index (χ0v) is 11.4. The van der Waals surface area contributed by atoms with Gasteiger partial charge < -0.3 is 4.57 Å². The highest BCUT2D eigenvalue weighted by Crippen LogP contribution is 1.95. The van der Waals surface area contributed by atoms with Crippen molar-refractivity contribution < 1.29 is 0 Å². The Morgan fingerprint density at radius 2 is 2.06 bits per heavy atom. The highest BCUT2D eigenvalue weighted by Gasteiger charge is 1.94. The van der Waals surface area contributed by atoms with Crippen LogP contribution in [0, 0.1) is 0 Å². The normalized spacial score (nSPS) is 12.3. The number of allylic oxidation sites excluding steroid dienone is 1. The highest BCUT2D eigenvalue weighted by molar-refractivity contribution is 6.33. The lowest BCUT2D eigenvalue weighted by atomic mass is 10.4. The molecule has 2 nitrogen and oxygen atoms in total. The quantitative estimate of drug-likeness (QED) is 0.777. The first-order valence-electron chi connectivity index (χ1n) is 5.64. The second-order valence-corrected chi connectivity index (χ2v) is 3.87. The lowest BCUT2D eigenvalue weighted by molar-refractivity contribution is 0.739. The van der Waals surface area contributed by atoms with Gasteiger partial charge in [-0.2, -0.15) is 0 Å². The molecule has 16 heavy (non-hydrogen) atoms. The first kappa shape index (κ1) is 15.0. The number of nitrogens with zero attached hydrogens (tertiary/aromatic N) is 2. The SMILES string of the molecule is C=C(Cl)/C=c1\c(=C/C)ncn1CC.CCC. The van der Waals surface area contributed by atoms with Crippen LogP contribution >= 0.6 is 11.6 Å². The van der Waals surface area contributed by atoms with Crippen LogP contribution in [0.2, 0.25) is 0 Å². The van der Waals surface area contributed by atoms with Gasteiger partial charge in [0.2, 0.25) is 0 Å². The van der Waals surface area contributed by atoms with Crippen molar-refractivity contribution in [2.45, 2.75) is 40.7 Å². The predicted octanol–water partition coefficient (Wildman–Crippen LogP) is 2.65. The molecule has 0 fully saturated rings. The summed E-state index contributed by atoms with van der Waals surface area (Å²) in [6.45, 7) is 12.8. The van der Waals surface area contributed by atoms with Gasteiger partial charge in [-0.3, -0.25) is 0 Å². The second kappa shape index (κ2) is 8.17. The molecule has 0 saturated heterocycles. The molecule has 1 rings (SSSR count). The van der Waals surface area contributed by atoms with E-state index in [2.05, 4.69) is 32.3 Å². The molecule has 90 valence electrons. The van der Waals surface area contributed by atoms with E-state index < -0.39 is 0 Å². The number of imidazole rings is 1. The maximum Gasteiger partial charge on any atom is 0.0958 e. The third-order valence-corrected chi connectivity index (χ3v) is 1.92. The van der Waals surface area contributed by atoms with Crippen LogP contribution in [0.25, 0.3) is 12.2 Å². The van der Waals surface area contributed by atoms with Crippen LogP contribution in [-0.2, 0) is 6.54 Å². The van der Waals surface area contributed by atoms with Crippen molar-refractivity contribution in [3.05, 3.63) is 28.6 Å².